The molecule has 0 aromatic heterocycles. The van der Waals surface area contributed by atoms with Gasteiger partial charge in [-0.2, -0.15) is 0 Å². The lowest BCUT2D eigenvalue weighted by Crippen LogP contribution is -2.11. The number of methoxy groups -OCH3 is 1. The van der Waals surface area contributed by atoms with Crippen LogP contribution in [-0.2, 0) is 9.53 Å². The molecule has 120 valence electrons. The standard InChI is InChI=1S/C16H12Br2O5/c1-8(2)15(19)22-13-9-6-4-5-7-10(9)14(12(18)11(13)17)23-16(20)21-3/h4-7H,1H2,2-3H3. The van der Waals surface area contributed by atoms with Crippen molar-refractivity contribution in [3.8, 4) is 11.5 Å². The number of benzene rings is 2. The summed E-state index contributed by atoms with van der Waals surface area (Å²) in [4.78, 5) is 23.3. The summed E-state index contributed by atoms with van der Waals surface area (Å²) in [7, 11) is 1.22. The van der Waals surface area contributed by atoms with Gasteiger partial charge in [0.2, 0.25) is 0 Å². The molecule has 0 unspecified atom stereocenters. The molecule has 0 saturated heterocycles. The van der Waals surface area contributed by atoms with Gasteiger partial charge in [-0.05, 0) is 38.8 Å². The molecule has 0 saturated carbocycles. The number of halogens is 2. The molecule has 0 fully saturated rings. The Morgan fingerprint density at radius 3 is 1.91 bits per heavy atom. The predicted molar refractivity (Wildman–Crippen MR) is 92.8 cm³/mol. The van der Waals surface area contributed by atoms with Crippen molar-refractivity contribution in [2.24, 2.45) is 0 Å². The van der Waals surface area contributed by atoms with Crippen molar-refractivity contribution < 1.29 is 23.8 Å². The Labute approximate surface area is 149 Å². The van der Waals surface area contributed by atoms with Gasteiger partial charge < -0.3 is 14.2 Å². The van der Waals surface area contributed by atoms with E-state index in [2.05, 4.69) is 43.2 Å². The van der Waals surface area contributed by atoms with E-state index in [0.29, 0.717) is 25.5 Å². The minimum atomic E-state index is -0.852. The van der Waals surface area contributed by atoms with Crippen LogP contribution in [0.15, 0.2) is 45.4 Å². The van der Waals surface area contributed by atoms with Crippen LogP contribution in [0.5, 0.6) is 11.5 Å². The van der Waals surface area contributed by atoms with E-state index < -0.39 is 12.1 Å². The summed E-state index contributed by atoms with van der Waals surface area (Å²) in [5.41, 5.74) is 0.270. The van der Waals surface area contributed by atoms with Gasteiger partial charge >= 0.3 is 12.1 Å². The summed E-state index contributed by atoms with van der Waals surface area (Å²) < 4.78 is 16.0. The topological polar surface area (TPSA) is 61.8 Å². The van der Waals surface area contributed by atoms with Gasteiger partial charge in [0, 0.05) is 16.3 Å². The van der Waals surface area contributed by atoms with Gasteiger partial charge in [0.05, 0.1) is 16.1 Å². The van der Waals surface area contributed by atoms with Crippen LogP contribution in [0.2, 0.25) is 0 Å². The van der Waals surface area contributed by atoms with Crippen LogP contribution in [0.4, 0.5) is 4.79 Å². The average Bonchev–Trinajstić information content (AvgIpc) is 2.54. The van der Waals surface area contributed by atoms with E-state index in [-0.39, 0.29) is 11.3 Å². The molecular formula is C16H12Br2O5. The fourth-order valence-electron chi connectivity index (χ4n) is 1.82. The summed E-state index contributed by atoms with van der Waals surface area (Å²) in [5.74, 6) is 0.0107. The van der Waals surface area contributed by atoms with Crippen LogP contribution in [-0.4, -0.2) is 19.2 Å². The third kappa shape index (κ3) is 3.56. The molecule has 0 heterocycles. The molecule has 0 aliphatic rings. The Kier molecular flexibility index (Phi) is 5.43. The van der Waals surface area contributed by atoms with E-state index in [1.165, 1.54) is 7.11 Å². The monoisotopic (exact) mass is 442 g/mol. The molecule has 23 heavy (non-hydrogen) atoms. The van der Waals surface area contributed by atoms with E-state index in [1.807, 2.05) is 0 Å². The normalized spacial score (nSPS) is 10.3. The SMILES string of the molecule is C=C(C)C(=O)Oc1c(Br)c(Br)c(OC(=O)OC)c2ccccc12. The van der Waals surface area contributed by atoms with Crippen molar-refractivity contribution in [1.29, 1.82) is 0 Å². The minimum absolute atomic E-state index is 0.259. The molecule has 2 aromatic carbocycles. The van der Waals surface area contributed by atoms with Crippen molar-refractivity contribution in [2.45, 2.75) is 6.92 Å². The Bertz CT molecular complexity index is 814. The summed E-state index contributed by atoms with van der Waals surface area (Å²) in [6.45, 7) is 5.12. The Morgan fingerprint density at radius 1 is 1.00 bits per heavy atom. The molecule has 0 aliphatic carbocycles. The maximum Gasteiger partial charge on any atom is 0.513 e. The number of carbonyl (C=O) groups excluding carboxylic acids is 2. The summed E-state index contributed by atoms with van der Waals surface area (Å²) in [6.07, 6.45) is -0.852. The Balaban J connectivity index is 2.69. The van der Waals surface area contributed by atoms with Crippen LogP contribution in [0, 0.1) is 0 Å². The van der Waals surface area contributed by atoms with Gasteiger partial charge in [-0.25, -0.2) is 9.59 Å². The highest BCUT2D eigenvalue weighted by molar-refractivity contribution is 9.13. The van der Waals surface area contributed by atoms with E-state index >= 15 is 0 Å². The van der Waals surface area contributed by atoms with Crippen molar-refractivity contribution >= 4 is 54.8 Å². The Hall–Kier alpha value is -1.86. The number of carbonyl (C=O) groups is 2. The van der Waals surface area contributed by atoms with Gasteiger partial charge in [0.25, 0.3) is 0 Å². The highest BCUT2D eigenvalue weighted by atomic mass is 79.9. The number of rotatable bonds is 3. The maximum atomic E-state index is 11.9. The van der Waals surface area contributed by atoms with Gasteiger partial charge in [-0.15, -0.1) is 0 Å². The zero-order chi connectivity index (χ0) is 17.1. The van der Waals surface area contributed by atoms with E-state index in [4.69, 9.17) is 9.47 Å². The molecule has 0 atom stereocenters. The molecule has 0 bridgehead atoms. The van der Waals surface area contributed by atoms with Crippen LogP contribution >= 0.6 is 31.9 Å². The van der Waals surface area contributed by atoms with E-state index in [0.717, 1.165) is 0 Å². The smallest absolute Gasteiger partial charge is 0.437 e. The summed E-state index contributed by atoms with van der Waals surface area (Å²) in [6, 6.07) is 7.04. The van der Waals surface area contributed by atoms with Crippen molar-refractivity contribution in [3.63, 3.8) is 0 Å². The van der Waals surface area contributed by atoms with Gasteiger partial charge in [0.1, 0.15) is 0 Å². The van der Waals surface area contributed by atoms with Crippen molar-refractivity contribution in [3.05, 3.63) is 45.4 Å². The second kappa shape index (κ2) is 7.14. The average molecular weight is 444 g/mol. The molecule has 0 radical (unpaired) electrons. The molecule has 7 heteroatoms. The highest BCUT2D eigenvalue weighted by Gasteiger charge is 2.22. The molecule has 0 amide bonds. The van der Waals surface area contributed by atoms with Crippen LogP contribution in [0.3, 0.4) is 0 Å². The molecule has 2 rings (SSSR count). The van der Waals surface area contributed by atoms with E-state index in [1.54, 1.807) is 31.2 Å². The largest absolute Gasteiger partial charge is 0.513 e. The minimum Gasteiger partial charge on any atom is -0.437 e. The maximum absolute atomic E-state index is 11.9. The second-order valence-electron chi connectivity index (χ2n) is 4.56. The number of esters is 1. The third-order valence-corrected chi connectivity index (χ3v) is 4.95. The molecule has 0 spiro atoms. The lowest BCUT2D eigenvalue weighted by atomic mass is 10.1. The first-order valence-corrected chi connectivity index (χ1v) is 7.98. The Morgan fingerprint density at radius 2 is 1.48 bits per heavy atom. The number of hydrogen-bond acceptors (Lipinski definition) is 5. The van der Waals surface area contributed by atoms with Crippen LogP contribution in [0.25, 0.3) is 10.8 Å². The number of ether oxygens (including phenoxy) is 3. The van der Waals surface area contributed by atoms with Gasteiger partial charge in [-0.3, -0.25) is 0 Å². The molecular weight excluding hydrogens is 432 g/mol. The highest BCUT2D eigenvalue weighted by Crippen LogP contribution is 2.47. The molecule has 2 aromatic rings. The molecule has 0 aliphatic heterocycles. The summed E-state index contributed by atoms with van der Waals surface area (Å²) in [5, 5.41) is 1.17. The second-order valence-corrected chi connectivity index (χ2v) is 6.14. The van der Waals surface area contributed by atoms with Crippen molar-refractivity contribution in [1.82, 2.24) is 0 Å². The molecule has 5 nitrogen and oxygen atoms in total. The third-order valence-electron chi connectivity index (χ3n) is 2.90. The van der Waals surface area contributed by atoms with Gasteiger partial charge in [-0.1, -0.05) is 30.8 Å². The quantitative estimate of drug-likeness (QED) is 0.289. The fourth-order valence-corrected chi connectivity index (χ4v) is 2.77. The molecule has 0 N–H and O–H groups in total. The fraction of sp³-hybridized carbons (Fsp3) is 0.125. The first-order valence-electron chi connectivity index (χ1n) is 6.40. The van der Waals surface area contributed by atoms with Crippen molar-refractivity contribution in [2.75, 3.05) is 7.11 Å². The lowest BCUT2D eigenvalue weighted by Gasteiger charge is -2.15. The van der Waals surface area contributed by atoms with Crippen LogP contribution in [0.1, 0.15) is 6.92 Å². The zero-order valence-corrected chi connectivity index (χ0v) is 15.5. The lowest BCUT2D eigenvalue weighted by molar-refractivity contribution is -0.130. The zero-order valence-electron chi connectivity index (χ0n) is 12.3. The number of fused-ring (bicyclic) bond motifs is 1. The summed E-state index contributed by atoms with van der Waals surface area (Å²) >= 11 is 6.70. The number of hydrogen-bond donors (Lipinski definition) is 0. The van der Waals surface area contributed by atoms with Crippen LogP contribution < -0.4 is 9.47 Å². The van der Waals surface area contributed by atoms with E-state index in [9.17, 15) is 9.59 Å². The first kappa shape index (κ1) is 17.5. The van der Waals surface area contributed by atoms with Gasteiger partial charge in [0.15, 0.2) is 11.5 Å². The first-order chi connectivity index (χ1) is 10.9. The predicted octanol–water partition coefficient (Wildman–Crippen LogP) is 4.99.